The van der Waals surface area contributed by atoms with Gasteiger partial charge in [-0.3, -0.25) is 9.59 Å². The van der Waals surface area contributed by atoms with Gasteiger partial charge in [0.2, 0.25) is 18.1 Å². The molecule has 4 atom stereocenters. The van der Waals surface area contributed by atoms with Crippen LogP contribution in [0, 0.1) is 5.92 Å². The third-order valence-corrected chi connectivity index (χ3v) is 7.61. The van der Waals surface area contributed by atoms with Crippen molar-refractivity contribution in [1.82, 2.24) is 4.90 Å². The van der Waals surface area contributed by atoms with Crippen molar-refractivity contribution in [2.45, 2.75) is 64.0 Å². The number of rotatable bonds is 12. The molecule has 1 saturated heterocycles. The Bertz CT molecular complexity index is 1340. The van der Waals surface area contributed by atoms with Gasteiger partial charge < -0.3 is 20.4 Å². The molecule has 3 N–H and O–H groups in total. The van der Waals surface area contributed by atoms with Crippen molar-refractivity contribution in [2.75, 3.05) is 18.5 Å². The van der Waals surface area contributed by atoms with Crippen LogP contribution in [0.25, 0.3) is 11.0 Å². The summed E-state index contributed by atoms with van der Waals surface area (Å²) in [5.74, 6) is -0.708. The van der Waals surface area contributed by atoms with Crippen LogP contribution in [0.3, 0.4) is 0 Å². The van der Waals surface area contributed by atoms with E-state index in [9.17, 15) is 23.3 Å². The second kappa shape index (κ2) is 19.1. The average molecular weight is 612 g/mol. The van der Waals surface area contributed by atoms with Gasteiger partial charge in [0.25, 0.3) is 0 Å². The van der Waals surface area contributed by atoms with E-state index in [1.54, 1.807) is 30.4 Å². The number of hydrogen-bond donors (Lipinski definition) is 2. The van der Waals surface area contributed by atoms with Gasteiger partial charge in [-0.05, 0) is 62.4 Å². The number of benzene rings is 2. The van der Waals surface area contributed by atoms with Crippen molar-refractivity contribution in [3.63, 3.8) is 0 Å². The molecule has 44 heavy (non-hydrogen) atoms. The summed E-state index contributed by atoms with van der Waals surface area (Å²) in [5, 5.41) is 3.00. The van der Waals surface area contributed by atoms with E-state index in [1.165, 1.54) is 11.6 Å². The highest BCUT2D eigenvalue weighted by molar-refractivity contribution is 5.93. The predicted molar refractivity (Wildman–Crippen MR) is 169 cm³/mol. The largest absolute Gasteiger partial charge is 0.449 e. The van der Waals surface area contributed by atoms with Crippen LogP contribution < -0.4 is 11.1 Å². The smallest absolute Gasteiger partial charge is 0.414 e. The van der Waals surface area contributed by atoms with Crippen molar-refractivity contribution in [2.24, 2.45) is 11.7 Å². The van der Waals surface area contributed by atoms with Crippen molar-refractivity contribution < 1.29 is 32.7 Å². The predicted octanol–water partition coefficient (Wildman–Crippen LogP) is 7.29. The van der Waals surface area contributed by atoms with Gasteiger partial charge in [-0.1, -0.05) is 69.0 Å². The van der Waals surface area contributed by atoms with E-state index in [0.29, 0.717) is 35.4 Å². The highest BCUT2D eigenvalue weighted by atomic mass is 19.3. The summed E-state index contributed by atoms with van der Waals surface area (Å²) in [6.45, 7) is 11.3. The standard InChI is InChI=1S/C20H31FN2O.C10H6FNO4.C4H6/c1-3-16(10-7-11-18(22)14-21)20(24)23-13-12-19(15(23)2)17-8-5-4-6-9-17;11-16-10(14)9-4-6-3-7(12-5-13)1-2-8(6)15-9;1-3-4-2/h4-6,8-9,15-16,18-19H,3,7,10-14,22H2,1-2H3;1-5H,(H,12,13);3-4H,1-2H2. The van der Waals surface area contributed by atoms with Gasteiger partial charge in [-0.15, -0.1) is 0 Å². The zero-order valence-electron chi connectivity index (χ0n) is 25.4. The lowest BCUT2D eigenvalue weighted by atomic mass is 9.92. The summed E-state index contributed by atoms with van der Waals surface area (Å²) in [6, 6.07) is 16.4. The number of nitrogens with two attached hydrogens (primary N) is 1. The number of furan rings is 1. The molecule has 2 heterocycles. The molecule has 2 aromatic carbocycles. The number of fused-ring (bicyclic) bond motifs is 1. The van der Waals surface area contributed by atoms with Crippen molar-refractivity contribution in [3.8, 4) is 0 Å². The molecule has 1 aliphatic rings. The van der Waals surface area contributed by atoms with Crippen molar-refractivity contribution in [3.05, 3.63) is 91.2 Å². The molecule has 2 amide bonds. The van der Waals surface area contributed by atoms with Gasteiger partial charge in [0.05, 0.1) is 0 Å². The van der Waals surface area contributed by atoms with Crippen molar-refractivity contribution in [1.29, 1.82) is 0 Å². The molecule has 10 heteroatoms. The SMILES string of the molecule is C=CC=C.CCC(CCCC(N)CF)C(=O)N1CCC(c2ccccc2)C1C.O=CNc1ccc2oc(C(=O)OF)cc2c1. The normalized spacial score (nSPS) is 16.8. The van der Waals surface area contributed by atoms with Crippen LogP contribution in [-0.4, -0.2) is 48.5 Å². The number of alkyl halides is 1. The lowest BCUT2D eigenvalue weighted by molar-refractivity contribution is -0.136. The Morgan fingerprint density at radius 3 is 2.45 bits per heavy atom. The molecular weight excluding hydrogens is 568 g/mol. The molecule has 4 rings (SSSR count). The summed E-state index contributed by atoms with van der Waals surface area (Å²) in [5.41, 5.74) is 7.90. The monoisotopic (exact) mass is 611 g/mol. The summed E-state index contributed by atoms with van der Waals surface area (Å²) in [7, 11) is 0. The molecule has 0 bridgehead atoms. The molecule has 3 aromatic rings. The van der Waals surface area contributed by atoms with Gasteiger partial charge >= 0.3 is 5.97 Å². The van der Waals surface area contributed by atoms with Crippen LogP contribution >= 0.6 is 0 Å². The zero-order valence-corrected chi connectivity index (χ0v) is 25.4. The fraction of sp³-hybridized carbons (Fsp3) is 0.382. The molecular formula is C34H43F2N3O5. The maximum atomic E-state index is 12.9. The summed E-state index contributed by atoms with van der Waals surface area (Å²) in [6.07, 6.45) is 7.95. The summed E-state index contributed by atoms with van der Waals surface area (Å²) in [4.78, 5) is 39.1. The van der Waals surface area contributed by atoms with E-state index in [0.717, 1.165) is 32.2 Å². The van der Waals surface area contributed by atoms with E-state index in [1.807, 2.05) is 6.07 Å². The Kier molecular flexibility index (Phi) is 15.5. The van der Waals surface area contributed by atoms with Gasteiger partial charge in [-0.25, -0.2) is 14.1 Å². The number of carbonyl (C=O) groups excluding carboxylic acids is 3. The Morgan fingerprint density at radius 2 is 1.86 bits per heavy atom. The zero-order chi connectivity index (χ0) is 32.5. The van der Waals surface area contributed by atoms with Gasteiger partial charge in [0.15, 0.2) is 0 Å². The van der Waals surface area contributed by atoms with Crippen LogP contribution in [0.4, 0.5) is 14.6 Å². The summed E-state index contributed by atoms with van der Waals surface area (Å²) >= 11 is 0. The third kappa shape index (κ3) is 10.4. The summed E-state index contributed by atoms with van der Waals surface area (Å²) < 4.78 is 29.1. The second-order valence-electron chi connectivity index (χ2n) is 10.5. The first-order chi connectivity index (χ1) is 21.2. The number of nitrogens with one attached hydrogen (secondary N) is 1. The molecule has 1 aliphatic heterocycles. The quantitative estimate of drug-likeness (QED) is 0.164. The maximum absolute atomic E-state index is 12.9. The maximum Gasteiger partial charge on any atom is 0.414 e. The van der Waals surface area contributed by atoms with E-state index >= 15 is 0 Å². The molecule has 8 nitrogen and oxygen atoms in total. The minimum atomic E-state index is -1.19. The van der Waals surface area contributed by atoms with Gasteiger partial charge in [0, 0.05) is 46.1 Å². The molecule has 238 valence electrons. The number of carbonyl (C=O) groups is 3. The molecule has 4 unspecified atom stereocenters. The van der Waals surface area contributed by atoms with Crippen LogP contribution in [-0.2, 0) is 14.5 Å². The number of allylic oxidation sites excluding steroid dienone is 2. The minimum absolute atomic E-state index is 0.0359. The van der Waals surface area contributed by atoms with Gasteiger partial charge in [-0.2, -0.15) is 0 Å². The fourth-order valence-electron chi connectivity index (χ4n) is 5.18. The average Bonchev–Trinajstić information content (AvgIpc) is 3.66. The molecule has 0 aliphatic carbocycles. The van der Waals surface area contributed by atoms with Crippen LogP contribution in [0.2, 0.25) is 0 Å². The first-order valence-corrected chi connectivity index (χ1v) is 14.7. The number of amides is 2. The highest BCUT2D eigenvalue weighted by Gasteiger charge is 2.36. The number of likely N-dealkylation sites (tertiary alicyclic amines) is 1. The topological polar surface area (TPSA) is 115 Å². The second-order valence-corrected chi connectivity index (χ2v) is 10.5. The number of nitrogens with zero attached hydrogens (tertiary/aromatic N) is 1. The Hall–Kier alpha value is -4.31. The first kappa shape index (κ1) is 35.9. The van der Waals surface area contributed by atoms with E-state index < -0.39 is 12.6 Å². The van der Waals surface area contributed by atoms with E-state index in [4.69, 9.17) is 10.2 Å². The van der Waals surface area contributed by atoms with Crippen LogP contribution in [0.5, 0.6) is 0 Å². The van der Waals surface area contributed by atoms with Crippen molar-refractivity contribution >= 4 is 34.9 Å². The van der Waals surface area contributed by atoms with Crippen LogP contribution in [0.1, 0.15) is 68.0 Å². The van der Waals surface area contributed by atoms with Crippen LogP contribution in [0.15, 0.2) is 84.3 Å². The molecule has 1 fully saturated rings. The molecule has 0 radical (unpaired) electrons. The van der Waals surface area contributed by atoms with E-state index in [-0.39, 0.29) is 29.7 Å². The minimum Gasteiger partial charge on any atom is -0.449 e. The van der Waals surface area contributed by atoms with E-state index in [2.05, 4.69) is 66.4 Å². The Labute approximate surface area is 257 Å². The van der Waals surface area contributed by atoms with Gasteiger partial charge in [0.1, 0.15) is 12.3 Å². The molecule has 0 spiro atoms. The third-order valence-electron chi connectivity index (χ3n) is 7.61. The highest BCUT2D eigenvalue weighted by Crippen LogP contribution is 2.35. The lowest BCUT2D eigenvalue weighted by Gasteiger charge is -2.29. The molecule has 0 saturated carbocycles. The number of anilines is 1. The Balaban J connectivity index is 0.000000290. The Morgan fingerprint density at radius 1 is 1.16 bits per heavy atom. The lowest BCUT2D eigenvalue weighted by Crippen LogP contribution is -2.39. The molecule has 1 aromatic heterocycles. The number of halogens is 2. The number of hydrogen-bond acceptors (Lipinski definition) is 6. The first-order valence-electron chi connectivity index (χ1n) is 14.7. The fourth-order valence-corrected chi connectivity index (χ4v) is 5.18.